The molecule has 0 bridgehead atoms. The molecule has 0 aliphatic carbocycles. The van der Waals surface area contributed by atoms with Gasteiger partial charge in [-0.25, -0.2) is 0 Å². The SMILES string of the molecule is c1ccc(OC[C@@H]2C[C@H](Oc3ccccc3)CN2)cc1. The summed E-state index contributed by atoms with van der Waals surface area (Å²) in [7, 11) is 0. The van der Waals surface area contributed by atoms with Crippen LogP contribution in [-0.2, 0) is 0 Å². The quantitative estimate of drug-likeness (QED) is 0.905. The summed E-state index contributed by atoms with van der Waals surface area (Å²) in [5.74, 6) is 1.85. The fourth-order valence-electron chi connectivity index (χ4n) is 2.40. The van der Waals surface area contributed by atoms with Crippen molar-refractivity contribution in [3.63, 3.8) is 0 Å². The topological polar surface area (TPSA) is 30.5 Å². The van der Waals surface area contributed by atoms with Gasteiger partial charge in [-0.3, -0.25) is 0 Å². The fraction of sp³-hybridized carbons (Fsp3) is 0.294. The van der Waals surface area contributed by atoms with Crippen molar-refractivity contribution in [2.45, 2.75) is 18.6 Å². The van der Waals surface area contributed by atoms with Gasteiger partial charge in [0, 0.05) is 19.0 Å². The van der Waals surface area contributed by atoms with Gasteiger partial charge in [0.1, 0.15) is 24.2 Å². The van der Waals surface area contributed by atoms with Crippen molar-refractivity contribution in [2.24, 2.45) is 0 Å². The van der Waals surface area contributed by atoms with E-state index in [1.807, 2.05) is 60.7 Å². The van der Waals surface area contributed by atoms with Gasteiger partial charge in [0.2, 0.25) is 0 Å². The van der Waals surface area contributed by atoms with E-state index in [9.17, 15) is 0 Å². The first-order chi connectivity index (χ1) is 9.90. The summed E-state index contributed by atoms with van der Waals surface area (Å²) < 4.78 is 11.7. The van der Waals surface area contributed by atoms with E-state index < -0.39 is 0 Å². The standard InChI is InChI=1S/C17H19NO2/c1-3-7-15(8-4-1)19-13-14-11-17(12-18-14)20-16-9-5-2-6-10-16/h1-10,14,17-18H,11-13H2/t14-,17-/m0/s1. The molecule has 1 saturated heterocycles. The molecule has 2 atom stereocenters. The molecular formula is C17H19NO2. The summed E-state index contributed by atoms with van der Waals surface area (Å²) in [5.41, 5.74) is 0. The lowest BCUT2D eigenvalue weighted by Crippen LogP contribution is -2.28. The van der Waals surface area contributed by atoms with Crippen LogP contribution in [0.3, 0.4) is 0 Å². The lowest BCUT2D eigenvalue weighted by molar-refractivity contribution is 0.211. The van der Waals surface area contributed by atoms with E-state index in [2.05, 4.69) is 5.32 Å². The van der Waals surface area contributed by atoms with Gasteiger partial charge in [0.15, 0.2) is 0 Å². The molecule has 0 aromatic heterocycles. The molecular weight excluding hydrogens is 250 g/mol. The second-order valence-corrected chi connectivity index (χ2v) is 5.02. The highest BCUT2D eigenvalue weighted by Crippen LogP contribution is 2.17. The minimum absolute atomic E-state index is 0.224. The highest BCUT2D eigenvalue weighted by atomic mass is 16.5. The van der Waals surface area contributed by atoms with Gasteiger partial charge in [0.25, 0.3) is 0 Å². The number of ether oxygens (including phenoxy) is 2. The maximum atomic E-state index is 5.94. The summed E-state index contributed by atoms with van der Waals surface area (Å²) in [6.07, 6.45) is 1.20. The van der Waals surface area contributed by atoms with Crippen LogP contribution in [0.2, 0.25) is 0 Å². The normalized spacial score (nSPS) is 21.6. The molecule has 2 aromatic rings. The molecule has 3 rings (SSSR count). The zero-order chi connectivity index (χ0) is 13.6. The molecule has 0 amide bonds. The van der Waals surface area contributed by atoms with Crippen LogP contribution >= 0.6 is 0 Å². The van der Waals surface area contributed by atoms with Crippen molar-refractivity contribution >= 4 is 0 Å². The number of nitrogens with one attached hydrogen (secondary N) is 1. The van der Waals surface area contributed by atoms with Crippen molar-refractivity contribution in [3.8, 4) is 11.5 Å². The van der Waals surface area contributed by atoms with Gasteiger partial charge in [-0.1, -0.05) is 36.4 Å². The highest BCUT2D eigenvalue weighted by Gasteiger charge is 2.25. The monoisotopic (exact) mass is 269 g/mol. The molecule has 0 spiro atoms. The lowest BCUT2D eigenvalue weighted by Gasteiger charge is -2.13. The molecule has 1 heterocycles. The van der Waals surface area contributed by atoms with E-state index in [4.69, 9.17) is 9.47 Å². The number of para-hydroxylation sites is 2. The molecule has 0 saturated carbocycles. The van der Waals surface area contributed by atoms with E-state index >= 15 is 0 Å². The third kappa shape index (κ3) is 3.52. The number of hydrogen-bond acceptors (Lipinski definition) is 3. The molecule has 20 heavy (non-hydrogen) atoms. The fourth-order valence-corrected chi connectivity index (χ4v) is 2.40. The molecule has 1 N–H and O–H groups in total. The highest BCUT2D eigenvalue weighted by molar-refractivity contribution is 5.22. The molecule has 2 aromatic carbocycles. The Hall–Kier alpha value is -2.00. The van der Waals surface area contributed by atoms with Crippen LogP contribution in [0, 0.1) is 0 Å². The molecule has 1 aliphatic heterocycles. The first-order valence-corrected chi connectivity index (χ1v) is 7.03. The van der Waals surface area contributed by atoms with Crippen molar-refractivity contribution < 1.29 is 9.47 Å². The maximum absolute atomic E-state index is 5.94. The molecule has 0 unspecified atom stereocenters. The Morgan fingerprint density at radius 2 is 1.55 bits per heavy atom. The van der Waals surface area contributed by atoms with Crippen LogP contribution in [0.1, 0.15) is 6.42 Å². The first-order valence-electron chi connectivity index (χ1n) is 7.03. The maximum Gasteiger partial charge on any atom is 0.119 e. The zero-order valence-electron chi connectivity index (χ0n) is 11.4. The summed E-state index contributed by atoms with van der Waals surface area (Å²) in [6, 6.07) is 20.2. The summed E-state index contributed by atoms with van der Waals surface area (Å²) in [6.45, 7) is 1.55. The molecule has 3 nitrogen and oxygen atoms in total. The minimum atomic E-state index is 0.224. The van der Waals surface area contributed by atoms with Gasteiger partial charge in [-0.2, -0.15) is 0 Å². The van der Waals surface area contributed by atoms with Gasteiger partial charge < -0.3 is 14.8 Å². The van der Waals surface area contributed by atoms with Crippen LogP contribution in [-0.4, -0.2) is 25.3 Å². The Labute approximate surface area is 119 Å². The van der Waals surface area contributed by atoms with E-state index in [1.165, 1.54) is 0 Å². The number of rotatable bonds is 5. The number of benzene rings is 2. The van der Waals surface area contributed by atoms with Gasteiger partial charge in [-0.15, -0.1) is 0 Å². The van der Waals surface area contributed by atoms with Crippen molar-refractivity contribution in [1.29, 1.82) is 0 Å². The van der Waals surface area contributed by atoms with Crippen LogP contribution in [0.4, 0.5) is 0 Å². The average molecular weight is 269 g/mol. The van der Waals surface area contributed by atoms with E-state index in [1.54, 1.807) is 0 Å². The zero-order valence-corrected chi connectivity index (χ0v) is 11.4. The summed E-state index contributed by atoms with van der Waals surface area (Å²) >= 11 is 0. The molecule has 0 radical (unpaired) electrons. The van der Waals surface area contributed by atoms with Crippen LogP contribution < -0.4 is 14.8 Å². The lowest BCUT2D eigenvalue weighted by atomic mass is 10.2. The molecule has 3 heteroatoms. The third-order valence-corrected chi connectivity index (χ3v) is 3.42. The van der Waals surface area contributed by atoms with Crippen LogP contribution in [0.25, 0.3) is 0 Å². The average Bonchev–Trinajstić information content (AvgIpc) is 2.95. The smallest absolute Gasteiger partial charge is 0.119 e. The molecule has 1 fully saturated rings. The van der Waals surface area contributed by atoms with Crippen molar-refractivity contribution in [1.82, 2.24) is 5.32 Å². The predicted molar refractivity (Wildman–Crippen MR) is 79.2 cm³/mol. The molecule has 1 aliphatic rings. The molecule has 104 valence electrons. The second kappa shape index (κ2) is 6.44. The third-order valence-electron chi connectivity index (χ3n) is 3.42. The Bertz CT molecular complexity index is 515. The van der Waals surface area contributed by atoms with Crippen LogP contribution in [0.5, 0.6) is 11.5 Å². The van der Waals surface area contributed by atoms with E-state index in [0.29, 0.717) is 12.6 Å². The number of hydrogen-bond donors (Lipinski definition) is 1. The Kier molecular flexibility index (Phi) is 4.19. The Morgan fingerprint density at radius 1 is 0.900 bits per heavy atom. The van der Waals surface area contributed by atoms with E-state index in [-0.39, 0.29) is 6.10 Å². The predicted octanol–water partition coefficient (Wildman–Crippen LogP) is 2.87. The minimum Gasteiger partial charge on any atom is -0.492 e. The van der Waals surface area contributed by atoms with Crippen molar-refractivity contribution in [3.05, 3.63) is 60.7 Å². The van der Waals surface area contributed by atoms with Crippen LogP contribution in [0.15, 0.2) is 60.7 Å². The Balaban J connectivity index is 1.45. The van der Waals surface area contributed by atoms with Gasteiger partial charge in [0.05, 0.1) is 0 Å². The van der Waals surface area contributed by atoms with Gasteiger partial charge in [-0.05, 0) is 24.3 Å². The Morgan fingerprint density at radius 3 is 2.25 bits per heavy atom. The van der Waals surface area contributed by atoms with E-state index in [0.717, 1.165) is 24.5 Å². The first kappa shape index (κ1) is 13.0. The largest absolute Gasteiger partial charge is 0.492 e. The summed E-state index contributed by atoms with van der Waals surface area (Å²) in [5, 5.41) is 3.45. The second-order valence-electron chi connectivity index (χ2n) is 5.02. The van der Waals surface area contributed by atoms with Crippen molar-refractivity contribution in [2.75, 3.05) is 13.2 Å². The van der Waals surface area contributed by atoms with Gasteiger partial charge >= 0.3 is 0 Å². The summed E-state index contributed by atoms with van der Waals surface area (Å²) in [4.78, 5) is 0.